The molecular formula is C26H31ClN2O4S. The number of carbonyl (C=O) groups is 1. The number of likely N-dealkylation sites (tertiary alicyclic amines) is 1. The van der Waals surface area contributed by atoms with Gasteiger partial charge in [0.2, 0.25) is 0 Å². The van der Waals surface area contributed by atoms with Crippen molar-refractivity contribution in [2.45, 2.75) is 38.2 Å². The van der Waals surface area contributed by atoms with Crippen LogP contribution in [0.3, 0.4) is 0 Å². The molecule has 3 heterocycles. The quantitative estimate of drug-likeness (QED) is 0.385. The number of pyridine rings is 1. The minimum Gasteiger partial charge on any atom is -0.497 e. The third kappa shape index (κ3) is 5.89. The van der Waals surface area contributed by atoms with Crippen LogP contribution in [0.4, 0.5) is 0 Å². The van der Waals surface area contributed by atoms with Crippen molar-refractivity contribution in [3.05, 3.63) is 57.4 Å². The molecule has 0 spiro atoms. The number of aliphatic hydroxyl groups excluding tert-OH is 1. The van der Waals surface area contributed by atoms with Crippen LogP contribution in [0.2, 0.25) is 5.02 Å². The van der Waals surface area contributed by atoms with Crippen LogP contribution in [-0.2, 0) is 11.2 Å². The maximum atomic E-state index is 12.0. The second kappa shape index (κ2) is 11.5. The highest BCUT2D eigenvalue weighted by Crippen LogP contribution is 2.34. The molecule has 2 aromatic heterocycles. The fourth-order valence-electron chi connectivity index (χ4n) is 4.95. The summed E-state index contributed by atoms with van der Waals surface area (Å²) in [5.74, 6) is -0.392. The lowest BCUT2D eigenvalue weighted by Gasteiger charge is -2.37. The van der Waals surface area contributed by atoms with E-state index in [1.54, 1.807) is 24.6 Å². The Hall–Kier alpha value is -2.19. The number of benzene rings is 1. The average molecular weight is 503 g/mol. The summed E-state index contributed by atoms with van der Waals surface area (Å²) in [5, 5.41) is 24.6. The summed E-state index contributed by atoms with van der Waals surface area (Å²) in [6.07, 6.45) is 4.93. The number of carboxylic acids is 1. The molecule has 0 unspecified atom stereocenters. The zero-order valence-corrected chi connectivity index (χ0v) is 20.9. The maximum absolute atomic E-state index is 12.0. The smallest absolute Gasteiger partial charge is 0.308 e. The molecule has 3 aromatic rings. The van der Waals surface area contributed by atoms with E-state index in [0.717, 1.165) is 53.8 Å². The number of thiophene rings is 1. The topological polar surface area (TPSA) is 82.9 Å². The molecule has 1 fully saturated rings. The van der Waals surface area contributed by atoms with E-state index in [2.05, 4.69) is 9.88 Å². The molecule has 1 saturated heterocycles. The Morgan fingerprint density at radius 3 is 2.94 bits per heavy atom. The van der Waals surface area contributed by atoms with Crippen LogP contribution in [0.1, 0.15) is 42.2 Å². The van der Waals surface area contributed by atoms with Crippen LogP contribution in [0.15, 0.2) is 41.9 Å². The van der Waals surface area contributed by atoms with Crippen molar-refractivity contribution in [1.29, 1.82) is 0 Å². The van der Waals surface area contributed by atoms with Gasteiger partial charge in [0, 0.05) is 23.0 Å². The lowest BCUT2D eigenvalue weighted by molar-refractivity contribution is -0.146. The summed E-state index contributed by atoms with van der Waals surface area (Å²) in [5.41, 5.74) is 1.61. The number of methoxy groups -OCH3 is 1. The van der Waals surface area contributed by atoms with Crippen molar-refractivity contribution in [3.63, 3.8) is 0 Å². The first kappa shape index (κ1) is 24.9. The number of hydrogen-bond acceptors (Lipinski definition) is 6. The lowest BCUT2D eigenvalue weighted by Crippen LogP contribution is -2.44. The minimum absolute atomic E-state index is 0.0535. The molecule has 0 amide bonds. The van der Waals surface area contributed by atoms with Crippen molar-refractivity contribution >= 4 is 39.8 Å². The van der Waals surface area contributed by atoms with Crippen molar-refractivity contribution in [2.75, 3.05) is 26.7 Å². The van der Waals surface area contributed by atoms with Gasteiger partial charge in [0.25, 0.3) is 0 Å². The Bertz CT molecular complexity index is 1120. The molecule has 182 valence electrons. The SMILES string of the molecule is COc1ccc2nccc([C@@H](O)CC[C@@H]3CCN(CCCc4sccc4Cl)C[C@@H]3C(=O)O)c2c1. The summed E-state index contributed by atoms with van der Waals surface area (Å²) in [4.78, 5) is 19.9. The summed E-state index contributed by atoms with van der Waals surface area (Å²) in [7, 11) is 1.61. The van der Waals surface area contributed by atoms with E-state index in [1.807, 2.05) is 35.7 Å². The van der Waals surface area contributed by atoms with Gasteiger partial charge in [-0.3, -0.25) is 9.78 Å². The first-order valence-electron chi connectivity index (χ1n) is 11.7. The van der Waals surface area contributed by atoms with Gasteiger partial charge in [-0.1, -0.05) is 11.6 Å². The van der Waals surface area contributed by atoms with Crippen LogP contribution in [0, 0.1) is 11.8 Å². The number of aliphatic hydroxyl groups is 1. The summed E-state index contributed by atoms with van der Waals surface area (Å²) in [6.45, 7) is 2.32. The molecule has 8 heteroatoms. The number of aliphatic carboxylic acids is 1. The molecule has 6 nitrogen and oxygen atoms in total. The first-order valence-corrected chi connectivity index (χ1v) is 13.0. The molecule has 4 rings (SSSR count). The van der Waals surface area contributed by atoms with Gasteiger partial charge in [0.15, 0.2) is 0 Å². The zero-order chi connectivity index (χ0) is 24.1. The average Bonchev–Trinajstić information content (AvgIpc) is 3.26. The van der Waals surface area contributed by atoms with Crippen LogP contribution in [-0.4, -0.2) is 52.8 Å². The Morgan fingerprint density at radius 1 is 1.35 bits per heavy atom. The lowest BCUT2D eigenvalue weighted by atomic mass is 9.81. The fraction of sp³-hybridized carbons (Fsp3) is 0.462. The Balaban J connectivity index is 1.34. The summed E-state index contributed by atoms with van der Waals surface area (Å²) in [6, 6.07) is 9.39. The van der Waals surface area contributed by atoms with Crippen LogP contribution in [0.5, 0.6) is 5.75 Å². The molecule has 3 atom stereocenters. The predicted molar refractivity (Wildman–Crippen MR) is 136 cm³/mol. The number of carboxylic acid groups (broad SMARTS) is 1. The van der Waals surface area contributed by atoms with Gasteiger partial charge in [-0.25, -0.2) is 0 Å². The summed E-state index contributed by atoms with van der Waals surface area (Å²) < 4.78 is 5.33. The molecule has 0 saturated carbocycles. The van der Waals surface area contributed by atoms with Crippen molar-refractivity contribution in [1.82, 2.24) is 9.88 Å². The van der Waals surface area contributed by atoms with E-state index in [1.165, 1.54) is 4.88 Å². The normalized spacial score (nSPS) is 19.9. The fourth-order valence-corrected chi connectivity index (χ4v) is 6.13. The van der Waals surface area contributed by atoms with Crippen molar-refractivity contribution in [2.24, 2.45) is 11.8 Å². The third-order valence-electron chi connectivity index (χ3n) is 6.88. The highest BCUT2D eigenvalue weighted by Gasteiger charge is 2.34. The number of aromatic nitrogens is 1. The zero-order valence-electron chi connectivity index (χ0n) is 19.3. The van der Waals surface area contributed by atoms with Crippen molar-refractivity contribution < 1.29 is 19.7 Å². The standard InChI is InChI=1S/C26H31ClN2O4S/c1-33-18-5-6-23-20(15-18)19(8-11-28-23)24(30)7-4-17-9-13-29(16-21(17)26(31)32)12-2-3-25-22(27)10-14-34-25/h5-6,8,10-11,14-15,17,21,24,30H,2-4,7,9,12-13,16H2,1H3,(H,31,32)/t17-,21+,24+/m1/s1. The van der Waals surface area contributed by atoms with Crippen LogP contribution < -0.4 is 4.74 Å². The highest BCUT2D eigenvalue weighted by molar-refractivity contribution is 7.10. The largest absolute Gasteiger partial charge is 0.497 e. The highest BCUT2D eigenvalue weighted by atomic mass is 35.5. The molecule has 0 aliphatic carbocycles. The van der Waals surface area contributed by atoms with E-state index in [0.29, 0.717) is 25.1 Å². The molecular weight excluding hydrogens is 472 g/mol. The number of aryl methyl sites for hydroxylation is 1. The Kier molecular flexibility index (Phi) is 8.42. The van der Waals surface area contributed by atoms with Gasteiger partial charge in [-0.15, -0.1) is 11.3 Å². The van der Waals surface area contributed by atoms with Gasteiger partial charge in [-0.2, -0.15) is 0 Å². The van der Waals surface area contributed by atoms with Gasteiger partial charge in [0.05, 0.1) is 29.7 Å². The minimum atomic E-state index is -0.746. The Labute approximate surface area is 209 Å². The number of piperidine rings is 1. The number of hydrogen-bond donors (Lipinski definition) is 2. The Morgan fingerprint density at radius 2 is 2.21 bits per heavy atom. The number of fused-ring (bicyclic) bond motifs is 1. The first-order chi connectivity index (χ1) is 16.5. The second-order valence-electron chi connectivity index (χ2n) is 8.97. The van der Waals surface area contributed by atoms with Crippen LogP contribution >= 0.6 is 22.9 Å². The number of ether oxygens (including phenoxy) is 1. The van der Waals surface area contributed by atoms with E-state index in [-0.39, 0.29) is 5.92 Å². The molecule has 34 heavy (non-hydrogen) atoms. The van der Waals surface area contributed by atoms with Gasteiger partial charge in [0.1, 0.15) is 5.75 Å². The molecule has 1 aliphatic heterocycles. The van der Waals surface area contributed by atoms with E-state index in [9.17, 15) is 15.0 Å². The number of nitrogens with zero attached hydrogens (tertiary/aromatic N) is 2. The molecule has 0 bridgehead atoms. The van der Waals surface area contributed by atoms with E-state index < -0.39 is 18.0 Å². The molecule has 1 aromatic carbocycles. The van der Waals surface area contributed by atoms with E-state index in [4.69, 9.17) is 16.3 Å². The monoisotopic (exact) mass is 502 g/mol. The van der Waals surface area contributed by atoms with E-state index >= 15 is 0 Å². The molecule has 1 aliphatic rings. The maximum Gasteiger partial charge on any atom is 0.308 e. The van der Waals surface area contributed by atoms with Crippen molar-refractivity contribution in [3.8, 4) is 5.75 Å². The second-order valence-corrected chi connectivity index (χ2v) is 10.4. The molecule has 0 radical (unpaired) electrons. The number of halogens is 1. The van der Waals surface area contributed by atoms with Crippen LogP contribution in [0.25, 0.3) is 10.9 Å². The summed E-state index contributed by atoms with van der Waals surface area (Å²) >= 11 is 7.86. The van der Waals surface area contributed by atoms with Gasteiger partial charge < -0.3 is 19.8 Å². The van der Waals surface area contributed by atoms with Gasteiger partial charge in [-0.05, 0) is 92.4 Å². The van der Waals surface area contributed by atoms with Gasteiger partial charge >= 0.3 is 5.97 Å². The molecule has 2 N–H and O–H groups in total. The number of rotatable bonds is 10. The predicted octanol–water partition coefficient (Wildman–Crippen LogP) is 5.43. The third-order valence-corrected chi connectivity index (χ3v) is 8.33.